The Morgan fingerprint density at radius 3 is 1.90 bits per heavy atom. The Labute approximate surface area is 238 Å². The van der Waals surface area contributed by atoms with Gasteiger partial charge in [0.05, 0.1) is 5.52 Å². The van der Waals surface area contributed by atoms with Crippen LogP contribution in [0.4, 0.5) is 0 Å². The summed E-state index contributed by atoms with van der Waals surface area (Å²) < 4.78 is 5.32. The molecular formula is C37H21NS2. The number of nitrogens with zero attached hydrogens (tertiary/aromatic N) is 1. The van der Waals surface area contributed by atoms with Crippen molar-refractivity contribution in [3.63, 3.8) is 0 Å². The highest BCUT2D eigenvalue weighted by atomic mass is 32.1. The molecule has 0 bridgehead atoms. The molecular weight excluding hydrogens is 523 g/mol. The topological polar surface area (TPSA) is 12.9 Å². The maximum Gasteiger partial charge on any atom is 0.0786 e. The van der Waals surface area contributed by atoms with E-state index in [0.29, 0.717) is 0 Å². The molecule has 0 N–H and O–H groups in total. The Morgan fingerprint density at radius 2 is 1.02 bits per heavy atom. The molecule has 3 aromatic heterocycles. The van der Waals surface area contributed by atoms with Crippen molar-refractivity contribution < 1.29 is 0 Å². The second-order valence-corrected chi connectivity index (χ2v) is 12.4. The van der Waals surface area contributed by atoms with Gasteiger partial charge in [-0.05, 0) is 46.3 Å². The van der Waals surface area contributed by atoms with Crippen LogP contribution in [0.25, 0.3) is 84.3 Å². The van der Waals surface area contributed by atoms with Gasteiger partial charge >= 0.3 is 0 Å². The van der Waals surface area contributed by atoms with Gasteiger partial charge in [-0.15, -0.1) is 22.7 Å². The maximum atomic E-state index is 4.85. The number of benzene rings is 6. The van der Waals surface area contributed by atoms with E-state index in [0.717, 1.165) is 5.52 Å². The highest BCUT2D eigenvalue weighted by Gasteiger charge is 2.20. The van der Waals surface area contributed by atoms with Crippen molar-refractivity contribution in [1.82, 2.24) is 4.98 Å². The van der Waals surface area contributed by atoms with Gasteiger partial charge in [0.1, 0.15) is 0 Å². The van der Waals surface area contributed by atoms with Crippen LogP contribution in [0, 0.1) is 0 Å². The average molecular weight is 544 g/mol. The van der Waals surface area contributed by atoms with Crippen molar-refractivity contribution in [2.24, 2.45) is 0 Å². The lowest BCUT2D eigenvalue weighted by Crippen LogP contribution is -1.88. The van der Waals surface area contributed by atoms with Gasteiger partial charge in [0, 0.05) is 62.9 Å². The van der Waals surface area contributed by atoms with E-state index >= 15 is 0 Å². The summed E-state index contributed by atoms with van der Waals surface area (Å²) >= 11 is 3.78. The van der Waals surface area contributed by atoms with E-state index in [1.54, 1.807) is 0 Å². The molecule has 1 nitrogen and oxygen atoms in total. The van der Waals surface area contributed by atoms with Crippen molar-refractivity contribution in [1.29, 1.82) is 0 Å². The lowest BCUT2D eigenvalue weighted by Gasteiger charge is -2.13. The third-order valence-electron chi connectivity index (χ3n) is 8.12. The molecule has 0 aliphatic heterocycles. The Kier molecular flexibility index (Phi) is 4.71. The number of aromatic nitrogens is 1. The lowest BCUT2D eigenvalue weighted by molar-refractivity contribution is 1.43. The van der Waals surface area contributed by atoms with E-state index in [1.807, 2.05) is 34.9 Å². The third kappa shape index (κ3) is 3.10. The Bertz CT molecular complexity index is 2440. The molecule has 0 saturated carbocycles. The van der Waals surface area contributed by atoms with Gasteiger partial charge in [-0.1, -0.05) is 97.1 Å². The summed E-state index contributed by atoms with van der Waals surface area (Å²) in [7, 11) is 0. The highest BCUT2D eigenvalue weighted by Crippen LogP contribution is 2.49. The largest absolute Gasteiger partial charge is 0.256 e. The maximum absolute atomic E-state index is 4.85. The predicted octanol–water partition coefficient (Wildman–Crippen LogP) is 11.5. The fraction of sp³-hybridized carbons (Fsp3) is 0. The summed E-state index contributed by atoms with van der Waals surface area (Å²) in [5.74, 6) is 0. The molecule has 6 aromatic carbocycles. The highest BCUT2D eigenvalue weighted by molar-refractivity contribution is 7.26. The second kappa shape index (κ2) is 8.46. The fourth-order valence-corrected chi connectivity index (χ4v) is 8.79. The molecule has 0 aliphatic carbocycles. The van der Waals surface area contributed by atoms with Crippen molar-refractivity contribution in [3.05, 3.63) is 128 Å². The molecule has 0 unspecified atom stereocenters. The zero-order valence-electron chi connectivity index (χ0n) is 21.4. The SMILES string of the molecule is c1cnc2c(c1)ccc1cccc(-c3ccc(-c4cccc5sc6ccccc6c45)c4c3sc3ccccc34)c12. The average Bonchev–Trinajstić information content (AvgIpc) is 3.59. The van der Waals surface area contributed by atoms with E-state index < -0.39 is 0 Å². The minimum Gasteiger partial charge on any atom is -0.256 e. The molecule has 9 aromatic rings. The quantitative estimate of drug-likeness (QED) is 0.198. The smallest absolute Gasteiger partial charge is 0.0786 e. The first-order valence-corrected chi connectivity index (χ1v) is 15.1. The van der Waals surface area contributed by atoms with Crippen molar-refractivity contribution >= 4 is 84.7 Å². The molecule has 3 heteroatoms. The number of pyridine rings is 1. The van der Waals surface area contributed by atoms with Gasteiger partial charge in [0.25, 0.3) is 0 Å². The van der Waals surface area contributed by atoms with Crippen LogP contribution in [-0.4, -0.2) is 4.98 Å². The molecule has 0 amide bonds. The summed E-state index contributed by atoms with van der Waals surface area (Å²) in [6.07, 6.45) is 1.91. The number of hydrogen-bond acceptors (Lipinski definition) is 3. The van der Waals surface area contributed by atoms with Crippen LogP contribution >= 0.6 is 22.7 Å². The van der Waals surface area contributed by atoms with Crippen LogP contribution in [0.2, 0.25) is 0 Å². The minimum atomic E-state index is 1.06. The Morgan fingerprint density at radius 1 is 0.400 bits per heavy atom. The number of thiophene rings is 2. The summed E-state index contributed by atoms with van der Waals surface area (Å²) in [5.41, 5.74) is 6.17. The Hall–Kier alpha value is -4.57. The monoisotopic (exact) mass is 543 g/mol. The van der Waals surface area contributed by atoms with Gasteiger partial charge in [-0.25, -0.2) is 0 Å². The fourth-order valence-electron chi connectivity index (χ4n) is 6.40. The standard InChI is InChI=1S/C37H21NS2/c1-3-14-30-28(10-1)34-24(13-6-16-32(34)39-30)26-19-20-27(37-35(26)29-11-2-4-15-31(29)40-37)25-12-5-8-22-17-18-23-9-7-21-38-36(23)33(22)25/h1-21H. The zero-order chi connectivity index (χ0) is 26.2. The van der Waals surface area contributed by atoms with Crippen molar-refractivity contribution in [2.75, 3.05) is 0 Å². The first-order chi connectivity index (χ1) is 19.8. The summed E-state index contributed by atoms with van der Waals surface area (Å²) in [4.78, 5) is 4.85. The van der Waals surface area contributed by atoms with E-state index in [9.17, 15) is 0 Å². The summed E-state index contributed by atoms with van der Waals surface area (Å²) in [5, 5.41) is 8.96. The normalized spacial score (nSPS) is 12.0. The first-order valence-electron chi connectivity index (χ1n) is 13.5. The number of hydrogen-bond donors (Lipinski definition) is 0. The molecule has 9 rings (SSSR count). The van der Waals surface area contributed by atoms with Gasteiger partial charge in [-0.2, -0.15) is 0 Å². The van der Waals surface area contributed by atoms with Gasteiger partial charge < -0.3 is 0 Å². The van der Waals surface area contributed by atoms with Crippen LogP contribution in [-0.2, 0) is 0 Å². The molecule has 0 atom stereocenters. The van der Waals surface area contributed by atoms with E-state index in [1.165, 1.54) is 78.8 Å². The van der Waals surface area contributed by atoms with Gasteiger partial charge in [0.2, 0.25) is 0 Å². The molecule has 0 fully saturated rings. The molecule has 0 radical (unpaired) electrons. The van der Waals surface area contributed by atoms with Crippen LogP contribution in [0.15, 0.2) is 128 Å². The van der Waals surface area contributed by atoms with E-state index in [-0.39, 0.29) is 0 Å². The van der Waals surface area contributed by atoms with Crippen molar-refractivity contribution in [3.8, 4) is 22.3 Å². The predicted molar refractivity (Wildman–Crippen MR) is 176 cm³/mol. The molecule has 0 spiro atoms. The second-order valence-electron chi connectivity index (χ2n) is 10.3. The number of fused-ring (bicyclic) bond motifs is 9. The van der Waals surface area contributed by atoms with Gasteiger partial charge in [0.15, 0.2) is 0 Å². The molecule has 40 heavy (non-hydrogen) atoms. The zero-order valence-corrected chi connectivity index (χ0v) is 23.0. The minimum absolute atomic E-state index is 1.06. The molecule has 0 aliphatic rings. The van der Waals surface area contributed by atoms with Crippen LogP contribution < -0.4 is 0 Å². The van der Waals surface area contributed by atoms with Crippen LogP contribution in [0.3, 0.4) is 0 Å². The van der Waals surface area contributed by atoms with Gasteiger partial charge in [-0.3, -0.25) is 4.98 Å². The summed E-state index contributed by atoms with van der Waals surface area (Å²) in [6.45, 7) is 0. The van der Waals surface area contributed by atoms with Crippen LogP contribution in [0.1, 0.15) is 0 Å². The van der Waals surface area contributed by atoms with Crippen LogP contribution in [0.5, 0.6) is 0 Å². The lowest BCUT2D eigenvalue weighted by atomic mass is 9.90. The third-order valence-corrected chi connectivity index (χ3v) is 10.5. The van der Waals surface area contributed by atoms with Crippen molar-refractivity contribution in [2.45, 2.75) is 0 Å². The molecule has 186 valence electrons. The van der Waals surface area contributed by atoms with E-state index in [2.05, 4.69) is 115 Å². The first kappa shape index (κ1) is 22.3. The molecule has 0 saturated heterocycles. The van der Waals surface area contributed by atoms with E-state index in [4.69, 9.17) is 4.98 Å². The Balaban J connectivity index is 1.43. The summed E-state index contributed by atoms with van der Waals surface area (Å²) in [6, 6.07) is 44.4. The number of rotatable bonds is 2. The molecule has 3 heterocycles.